The summed E-state index contributed by atoms with van der Waals surface area (Å²) >= 11 is 0. The number of nitrogens with one attached hydrogen (secondary N) is 1. The fraction of sp³-hybridized carbons (Fsp3) is 0.440. The highest BCUT2D eigenvalue weighted by Crippen LogP contribution is 2.33. The van der Waals surface area contributed by atoms with Crippen LogP contribution in [0.1, 0.15) is 41.9 Å². The number of benzene rings is 2. The summed E-state index contributed by atoms with van der Waals surface area (Å²) in [7, 11) is 0. The second-order valence-electron chi connectivity index (χ2n) is 8.70. The Morgan fingerprint density at radius 2 is 1.70 bits per heavy atom. The Labute approximate surface area is 184 Å². The molecule has 5 rings (SSSR count). The maximum atomic E-state index is 13.4. The average Bonchev–Trinajstić information content (AvgIpc) is 3.17. The molecule has 1 aromatic heterocycles. The van der Waals surface area contributed by atoms with Crippen molar-refractivity contribution >= 4 is 23.3 Å². The van der Waals surface area contributed by atoms with E-state index in [2.05, 4.69) is 45.2 Å². The number of nitrogens with zero attached hydrogens (tertiary/aromatic N) is 2. The Morgan fingerprint density at radius 3 is 2.53 bits per heavy atom. The number of hydrogen-bond acceptors (Lipinski definition) is 2. The minimum Gasteiger partial charge on any atom is -0.361 e. The zero-order chi connectivity index (χ0) is 19.6. The van der Waals surface area contributed by atoms with Gasteiger partial charge in [-0.1, -0.05) is 24.3 Å². The van der Waals surface area contributed by atoms with Crippen LogP contribution in [0.25, 0.3) is 10.9 Å². The van der Waals surface area contributed by atoms with E-state index in [-0.39, 0.29) is 18.2 Å². The van der Waals surface area contributed by atoms with Crippen LogP contribution in [0.5, 0.6) is 0 Å². The molecular formula is C25H31ClFN3. The molecule has 160 valence electrons. The van der Waals surface area contributed by atoms with Gasteiger partial charge in [-0.3, -0.25) is 4.90 Å². The van der Waals surface area contributed by atoms with Crippen molar-refractivity contribution in [2.75, 3.05) is 32.7 Å². The molecule has 3 heterocycles. The molecule has 0 spiro atoms. The van der Waals surface area contributed by atoms with Crippen molar-refractivity contribution < 1.29 is 4.39 Å². The monoisotopic (exact) mass is 427 g/mol. The van der Waals surface area contributed by atoms with Crippen molar-refractivity contribution in [1.82, 2.24) is 14.8 Å². The standard InChI is InChI=1S/C25H30FN3.ClH/c26-22-6-7-23-24(17-27-25(23)16-22)20-9-13-28(14-10-20)11-3-12-29-15-8-19-4-1-2-5-21(19)18-29;/h1-2,4-7,16-17,20,27H,3,8-15,18H2;1H. The number of piperidine rings is 1. The molecule has 1 saturated heterocycles. The maximum Gasteiger partial charge on any atom is 0.125 e. The molecule has 2 aliphatic rings. The Hall–Kier alpha value is -1.88. The summed E-state index contributed by atoms with van der Waals surface area (Å²) in [6, 6.07) is 14.0. The van der Waals surface area contributed by atoms with Crippen molar-refractivity contribution in [1.29, 1.82) is 0 Å². The molecule has 0 unspecified atom stereocenters. The van der Waals surface area contributed by atoms with Crippen LogP contribution in [0, 0.1) is 5.82 Å². The number of aromatic nitrogens is 1. The molecule has 0 amide bonds. The largest absolute Gasteiger partial charge is 0.361 e. The second-order valence-corrected chi connectivity index (χ2v) is 8.70. The molecular weight excluding hydrogens is 397 g/mol. The van der Waals surface area contributed by atoms with Crippen LogP contribution in [0.2, 0.25) is 0 Å². The number of halogens is 2. The third kappa shape index (κ3) is 4.56. The van der Waals surface area contributed by atoms with Gasteiger partial charge in [0.25, 0.3) is 0 Å². The van der Waals surface area contributed by atoms with E-state index < -0.39 is 0 Å². The second kappa shape index (κ2) is 9.51. The lowest BCUT2D eigenvalue weighted by Gasteiger charge is -2.33. The van der Waals surface area contributed by atoms with Gasteiger partial charge in [-0.15, -0.1) is 12.4 Å². The van der Waals surface area contributed by atoms with Gasteiger partial charge in [-0.2, -0.15) is 0 Å². The summed E-state index contributed by atoms with van der Waals surface area (Å²) in [5, 5.41) is 1.19. The zero-order valence-corrected chi connectivity index (χ0v) is 18.3. The van der Waals surface area contributed by atoms with Crippen molar-refractivity contribution in [3.8, 4) is 0 Å². The first-order valence-corrected chi connectivity index (χ1v) is 11.0. The molecule has 3 aromatic rings. The smallest absolute Gasteiger partial charge is 0.125 e. The van der Waals surface area contributed by atoms with Crippen molar-refractivity contribution in [2.24, 2.45) is 0 Å². The summed E-state index contributed by atoms with van der Waals surface area (Å²) in [5.41, 5.74) is 5.33. The first kappa shape index (κ1) is 21.4. The van der Waals surface area contributed by atoms with E-state index in [1.54, 1.807) is 12.1 Å². The van der Waals surface area contributed by atoms with Crippen molar-refractivity contribution in [3.05, 3.63) is 71.2 Å². The highest BCUT2D eigenvalue weighted by atomic mass is 35.5. The van der Waals surface area contributed by atoms with Gasteiger partial charge < -0.3 is 9.88 Å². The van der Waals surface area contributed by atoms with Crippen LogP contribution >= 0.6 is 12.4 Å². The molecule has 2 aliphatic heterocycles. The van der Waals surface area contributed by atoms with Gasteiger partial charge in [0.1, 0.15) is 5.82 Å². The molecule has 0 radical (unpaired) electrons. The lowest BCUT2D eigenvalue weighted by molar-refractivity contribution is 0.187. The summed E-state index contributed by atoms with van der Waals surface area (Å²) < 4.78 is 13.4. The first-order valence-electron chi connectivity index (χ1n) is 11.0. The Morgan fingerprint density at radius 1 is 0.933 bits per heavy atom. The van der Waals surface area contributed by atoms with Gasteiger partial charge in [0, 0.05) is 30.2 Å². The zero-order valence-electron chi connectivity index (χ0n) is 17.4. The molecule has 0 saturated carbocycles. The van der Waals surface area contributed by atoms with Gasteiger partial charge >= 0.3 is 0 Å². The van der Waals surface area contributed by atoms with Crippen LogP contribution < -0.4 is 0 Å². The topological polar surface area (TPSA) is 22.3 Å². The van der Waals surface area contributed by atoms with E-state index >= 15 is 0 Å². The molecule has 2 aromatic carbocycles. The van der Waals surface area contributed by atoms with Gasteiger partial charge in [-0.25, -0.2) is 4.39 Å². The number of H-pyrrole nitrogens is 1. The predicted molar refractivity (Wildman–Crippen MR) is 124 cm³/mol. The molecule has 1 N–H and O–H groups in total. The minimum absolute atomic E-state index is 0. The van der Waals surface area contributed by atoms with Crippen molar-refractivity contribution in [3.63, 3.8) is 0 Å². The molecule has 3 nitrogen and oxygen atoms in total. The van der Waals surface area contributed by atoms with Crippen LogP contribution in [-0.4, -0.2) is 47.5 Å². The van der Waals surface area contributed by atoms with Gasteiger partial charge in [0.15, 0.2) is 0 Å². The van der Waals surface area contributed by atoms with Crippen LogP contribution in [0.15, 0.2) is 48.7 Å². The van der Waals surface area contributed by atoms with E-state index in [4.69, 9.17) is 0 Å². The minimum atomic E-state index is -0.169. The van der Waals surface area contributed by atoms with Crippen LogP contribution in [0.4, 0.5) is 4.39 Å². The highest BCUT2D eigenvalue weighted by Gasteiger charge is 2.23. The fourth-order valence-corrected chi connectivity index (χ4v) is 5.19. The normalized spacial score (nSPS) is 18.3. The lowest BCUT2D eigenvalue weighted by Crippen LogP contribution is -2.36. The highest BCUT2D eigenvalue weighted by molar-refractivity contribution is 5.85. The Bertz CT molecular complexity index is 977. The van der Waals surface area contributed by atoms with Gasteiger partial charge in [0.2, 0.25) is 0 Å². The van der Waals surface area contributed by atoms with E-state index in [9.17, 15) is 4.39 Å². The molecule has 0 bridgehead atoms. The van der Waals surface area contributed by atoms with E-state index in [1.165, 1.54) is 80.5 Å². The number of likely N-dealkylation sites (tertiary alicyclic amines) is 1. The number of rotatable bonds is 5. The van der Waals surface area contributed by atoms with Gasteiger partial charge in [0.05, 0.1) is 0 Å². The van der Waals surface area contributed by atoms with E-state index in [1.807, 2.05) is 6.07 Å². The maximum absolute atomic E-state index is 13.4. The molecule has 0 aliphatic carbocycles. The van der Waals surface area contributed by atoms with E-state index in [0.717, 1.165) is 12.1 Å². The first-order chi connectivity index (χ1) is 14.3. The van der Waals surface area contributed by atoms with Crippen molar-refractivity contribution in [2.45, 2.75) is 38.1 Å². The SMILES string of the molecule is Cl.Fc1ccc2c(C3CCN(CCCN4CCc5ccccc5C4)CC3)c[nH]c2c1. The number of hydrogen-bond donors (Lipinski definition) is 1. The molecule has 30 heavy (non-hydrogen) atoms. The summed E-state index contributed by atoms with van der Waals surface area (Å²) in [5.74, 6) is 0.418. The molecule has 5 heteroatoms. The third-order valence-electron chi connectivity index (χ3n) is 6.86. The molecule has 0 atom stereocenters. The quantitative estimate of drug-likeness (QED) is 0.592. The number of fused-ring (bicyclic) bond motifs is 2. The number of aromatic amines is 1. The summed E-state index contributed by atoms with van der Waals surface area (Å²) in [6.45, 7) is 7.04. The predicted octanol–water partition coefficient (Wildman–Crippen LogP) is 5.36. The fourth-order valence-electron chi connectivity index (χ4n) is 5.19. The van der Waals surface area contributed by atoms with Crippen LogP contribution in [-0.2, 0) is 13.0 Å². The van der Waals surface area contributed by atoms with Crippen LogP contribution in [0.3, 0.4) is 0 Å². The Kier molecular flexibility index (Phi) is 6.77. The molecule has 1 fully saturated rings. The summed E-state index contributed by atoms with van der Waals surface area (Å²) in [6.07, 6.45) is 6.93. The van der Waals surface area contributed by atoms with E-state index in [0.29, 0.717) is 5.92 Å². The summed E-state index contributed by atoms with van der Waals surface area (Å²) in [4.78, 5) is 8.50. The van der Waals surface area contributed by atoms with Gasteiger partial charge in [-0.05, 0) is 92.7 Å². The Balaban J connectivity index is 0.00000218. The third-order valence-corrected chi connectivity index (χ3v) is 6.86. The lowest BCUT2D eigenvalue weighted by atomic mass is 9.89. The average molecular weight is 428 g/mol.